The molecule has 186 valence electrons. The van der Waals surface area contributed by atoms with Crippen molar-refractivity contribution in [1.82, 2.24) is 4.98 Å². The highest BCUT2D eigenvalue weighted by Gasteiger charge is 2.30. The normalized spacial score (nSPS) is 14.7. The van der Waals surface area contributed by atoms with E-state index in [0.717, 1.165) is 36.7 Å². The zero-order chi connectivity index (χ0) is 25.2. The zero-order valence-corrected chi connectivity index (χ0v) is 20.2. The molecule has 0 aliphatic carbocycles. The van der Waals surface area contributed by atoms with Crippen LogP contribution in [0.15, 0.2) is 65.7 Å². The van der Waals surface area contributed by atoms with Crippen LogP contribution in [0.3, 0.4) is 0 Å². The van der Waals surface area contributed by atoms with Crippen molar-refractivity contribution in [2.75, 3.05) is 47.8 Å². The predicted molar refractivity (Wildman–Crippen MR) is 129 cm³/mol. The molecular formula is C23H22ClF3N4O3S. The maximum absolute atomic E-state index is 12.7. The molecule has 35 heavy (non-hydrogen) atoms. The lowest BCUT2D eigenvalue weighted by Crippen LogP contribution is -2.47. The van der Waals surface area contributed by atoms with E-state index in [0.29, 0.717) is 31.0 Å². The van der Waals surface area contributed by atoms with E-state index in [9.17, 15) is 21.6 Å². The van der Waals surface area contributed by atoms with Gasteiger partial charge in [0.15, 0.2) is 0 Å². The fourth-order valence-corrected chi connectivity index (χ4v) is 5.06. The molecule has 1 saturated heterocycles. The van der Waals surface area contributed by atoms with E-state index in [1.54, 1.807) is 7.11 Å². The smallest absolute Gasteiger partial charge is 0.416 e. The van der Waals surface area contributed by atoms with Crippen molar-refractivity contribution in [3.05, 3.63) is 71.4 Å². The quantitative estimate of drug-likeness (QED) is 0.493. The van der Waals surface area contributed by atoms with Crippen LogP contribution in [0.5, 0.6) is 5.75 Å². The number of rotatable bonds is 6. The van der Waals surface area contributed by atoms with Crippen LogP contribution >= 0.6 is 11.6 Å². The third-order valence-corrected chi connectivity index (χ3v) is 7.24. The van der Waals surface area contributed by atoms with Crippen molar-refractivity contribution in [2.24, 2.45) is 0 Å². The van der Waals surface area contributed by atoms with E-state index < -0.39 is 21.8 Å². The molecule has 12 heteroatoms. The van der Waals surface area contributed by atoms with Gasteiger partial charge in [-0.1, -0.05) is 17.7 Å². The number of hydrogen-bond donors (Lipinski definition) is 1. The molecule has 1 fully saturated rings. The molecule has 0 unspecified atom stereocenters. The molecule has 0 amide bonds. The van der Waals surface area contributed by atoms with Gasteiger partial charge >= 0.3 is 6.18 Å². The molecule has 2 heterocycles. The van der Waals surface area contributed by atoms with Crippen molar-refractivity contribution in [1.29, 1.82) is 0 Å². The van der Waals surface area contributed by atoms with Crippen molar-refractivity contribution in [3.63, 3.8) is 0 Å². The van der Waals surface area contributed by atoms with Gasteiger partial charge in [-0.2, -0.15) is 13.2 Å². The molecule has 1 aromatic heterocycles. The highest BCUT2D eigenvalue weighted by molar-refractivity contribution is 7.92. The first-order valence-electron chi connectivity index (χ1n) is 10.6. The number of sulfonamides is 1. The Balaban J connectivity index is 1.42. The second-order valence-electron chi connectivity index (χ2n) is 7.83. The number of aromatic nitrogens is 1. The highest BCUT2D eigenvalue weighted by atomic mass is 35.5. The molecule has 1 aliphatic heterocycles. The molecule has 3 aromatic rings. The van der Waals surface area contributed by atoms with Gasteiger partial charge in [-0.25, -0.2) is 13.4 Å². The number of nitrogens with one attached hydrogen (secondary N) is 1. The lowest BCUT2D eigenvalue weighted by atomic mass is 10.2. The summed E-state index contributed by atoms with van der Waals surface area (Å²) in [7, 11) is -2.50. The van der Waals surface area contributed by atoms with Crippen LogP contribution in [0.4, 0.5) is 30.4 Å². The summed E-state index contributed by atoms with van der Waals surface area (Å²) in [5.74, 6) is 1.30. The van der Waals surface area contributed by atoms with Gasteiger partial charge in [-0.3, -0.25) is 4.72 Å². The maximum Gasteiger partial charge on any atom is 0.416 e. The van der Waals surface area contributed by atoms with Gasteiger partial charge in [0.1, 0.15) is 11.6 Å². The maximum atomic E-state index is 12.7. The predicted octanol–water partition coefficient (Wildman–Crippen LogP) is 4.89. The second kappa shape index (κ2) is 9.82. The fraction of sp³-hybridized carbons (Fsp3) is 0.261. The summed E-state index contributed by atoms with van der Waals surface area (Å²) in [6.07, 6.45) is -3.22. The summed E-state index contributed by atoms with van der Waals surface area (Å²) in [5.41, 5.74) is 0.224. The van der Waals surface area contributed by atoms with Crippen LogP contribution in [0.2, 0.25) is 5.02 Å². The Hall–Kier alpha value is -3.18. The van der Waals surface area contributed by atoms with Gasteiger partial charge in [0, 0.05) is 37.9 Å². The summed E-state index contributed by atoms with van der Waals surface area (Å²) >= 11 is 6.41. The number of halogens is 4. The Morgan fingerprint density at radius 1 is 1.00 bits per heavy atom. The molecule has 0 saturated carbocycles. The van der Waals surface area contributed by atoms with Gasteiger partial charge in [0.25, 0.3) is 10.0 Å². The average molecular weight is 527 g/mol. The first-order valence-corrected chi connectivity index (χ1v) is 12.4. The van der Waals surface area contributed by atoms with Gasteiger partial charge in [0.2, 0.25) is 0 Å². The molecule has 1 aliphatic rings. The molecule has 0 spiro atoms. The Kier molecular flexibility index (Phi) is 7.00. The van der Waals surface area contributed by atoms with Gasteiger partial charge in [0.05, 0.1) is 34.5 Å². The topological polar surface area (TPSA) is 74.8 Å². The van der Waals surface area contributed by atoms with E-state index in [1.165, 1.54) is 12.3 Å². The number of benzene rings is 2. The standard InChI is InChI=1S/C23H22ClF3N4O3S/c1-34-19-4-2-3-18(14-19)30-9-11-31(12-10-30)22-21(24)13-17(15-28-22)29-35(32,33)20-7-5-16(6-8-20)23(25,26)27/h2-8,13-15,29H,9-12H2,1H3. The highest BCUT2D eigenvalue weighted by Crippen LogP contribution is 2.31. The van der Waals surface area contributed by atoms with Gasteiger partial charge in [-0.05, 0) is 42.5 Å². The van der Waals surface area contributed by atoms with Crippen LogP contribution in [0, 0.1) is 0 Å². The number of alkyl halides is 3. The SMILES string of the molecule is COc1cccc(N2CCN(c3ncc(NS(=O)(=O)c4ccc(C(F)(F)F)cc4)cc3Cl)CC2)c1. The lowest BCUT2D eigenvalue weighted by molar-refractivity contribution is -0.137. The number of pyridine rings is 1. The van der Waals surface area contributed by atoms with E-state index in [-0.39, 0.29) is 15.6 Å². The minimum Gasteiger partial charge on any atom is -0.497 e. The van der Waals surface area contributed by atoms with Crippen LogP contribution in [-0.2, 0) is 16.2 Å². The van der Waals surface area contributed by atoms with E-state index >= 15 is 0 Å². The molecule has 0 radical (unpaired) electrons. The van der Waals surface area contributed by atoms with E-state index in [4.69, 9.17) is 16.3 Å². The third kappa shape index (κ3) is 5.73. The van der Waals surface area contributed by atoms with Gasteiger partial charge < -0.3 is 14.5 Å². The molecule has 1 N–H and O–H groups in total. The van der Waals surface area contributed by atoms with Gasteiger partial charge in [-0.15, -0.1) is 0 Å². The van der Waals surface area contributed by atoms with E-state index in [2.05, 4.69) is 14.6 Å². The first-order chi connectivity index (χ1) is 16.6. The Morgan fingerprint density at radius 2 is 1.66 bits per heavy atom. The minimum absolute atomic E-state index is 0.105. The van der Waals surface area contributed by atoms with Crippen LogP contribution in [0.1, 0.15) is 5.56 Å². The average Bonchev–Trinajstić information content (AvgIpc) is 2.84. The van der Waals surface area contributed by atoms with Crippen molar-refractivity contribution < 1.29 is 26.3 Å². The number of ether oxygens (including phenoxy) is 1. The molecule has 0 bridgehead atoms. The second-order valence-corrected chi connectivity index (χ2v) is 9.92. The number of methoxy groups -OCH3 is 1. The number of nitrogens with zero attached hydrogens (tertiary/aromatic N) is 3. The van der Waals surface area contributed by atoms with Crippen molar-refractivity contribution in [3.8, 4) is 5.75 Å². The van der Waals surface area contributed by atoms with E-state index in [1.807, 2.05) is 29.2 Å². The third-order valence-electron chi connectivity index (χ3n) is 5.56. The molecular weight excluding hydrogens is 505 g/mol. The lowest BCUT2D eigenvalue weighted by Gasteiger charge is -2.37. The Bertz CT molecular complexity index is 1300. The Labute approximate surface area is 206 Å². The molecule has 2 aromatic carbocycles. The zero-order valence-electron chi connectivity index (χ0n) is 18.6. The summed E-state index contributed by atoms with van der Waals surface area (Å²) in [4.78, 5) is 8.25. The van der Waals surface area contributed by atoms with Crippen LogP contribution in [0.25, 0.3) is 0 Å². The molecule has 0 atom stereocenters. The summed E-state index contributed by atoms with van der Waals surface area (Å²) in [5, 5.41) is 0.257. The summed E-state index contributed by atoms with van der Waals surface area (Å²) in [6.45, 7) is 2.77. The van der Waals surface area contributed by atoms with Crippen LogP contribution < -0.4 is 19.3 Å². The molecule has 7 nitrogen and oxygen atoms in total. The summed E-state index contributed by atoms with van der Waals surface area (Å²) < 4.78 is 71.0. The Morgan fingerprint density at radius 3 is 2.26 bits per heavy atom. The van der Waals surface area contributed by atoms with Crippen molar-refractivity contribution in [2.45, 2.75) is 11.1 Å². The largest absolute Gasteiger partial charge is 0.497 e. The number of anilines is 3. The fourth-order valence-electron chi connectivity index (χ4n) is 3.74. The summed E-state index contributed by atoms with van der Waals surface area (Å²) in [6, 6.07) is 12.5. The first kappa shape index (κ1) is 24.9. The number of piperazine rings is 1. The molecule has 4 rings (SSSR count). The number of hydrogen-bond acceptors (Lipinski definition) is 6. The minimum atomic E-state index is -4.55. The van der Waals surface area contributed by atoms with Crippen LogP contribution in [-0.4, -0.2) is 46.7 Å². The monoisotopic (exact) mass is 526 g/mol. The van der Waals surface area contributed by atoms with Crippen molar-refractivity contribution >= 4 is 38.8 Å².